The average molecular weight is 394 g/mol. The highest BCUT2D eigenvalue weighted by Crippen LogP contribution is 2.69. The molecule has 1 aromatic carbocycles. The average Bonchev–Trinajstić information content (AvgIpc) is 3.06. The fourth-order valence-corrected chi connectivity index (χ4v) is 5.77. The molecule has 3 rings (SSSR count). The van der Waals surface area contributed by atoms with Gasteiger partial charge in [0.05, 0.1) is 19.8 Å². The Bertz CT molecular complexity index is 821. The van der Waals surface area contributed by atoms with Crippen molar-refractivity contribution < 1.29 is 32.7 Å². The Morgan fingerprint density at radius 2 is 1.85 bits per heavy atom. The van der Waals surface area contributed by atoms with E-state index in [1.807, 2.05) is 0 Å². The van der Waals surface area contributed by atoms with Gasteiger partial charge in [-0.25, -0.2) is 0 Å². The first-order valence-electron chi connectivity index (χ1n) is 9.02. The molecule has 0 saturated heterocycles. The van der Waals surface area contributed by atoms with Crippen LogP contribution in [0.3, 0.4) is 0 Å². The molecule has 0 fully saturated rings. The number of benzene rings is 1. The van der Waals surface area contributed by atoms with Gasteiger partial charge in [-0.15, -0.1) is 0 Å². The van der Waals surface area contributed by atoms with E-state index in [2.05, 4.69) is 0 Å². The zero-order chi connectivity index (χ0) is 19.7. The maximum atomic E-state index is 13.5. The summed E-state index contributed by atoms with van der Waals surface area (Å²) in [5.74, 6) is -1.89. The predicted molar refractivity (Wildman–Crippen MR) is 97.4 cm³/mol. The van der Waals surface area contributed by atoms with E-state index in [0.717, 1.165) is 0 Å². The van der Waals surface area contributed by atoms with Crippen molar-refractivity contribution in [1.29, 1.82) is 0 Å². The lowest BCUT2D eigenvalue weighted by Crippen LogP contribution is -2.48. The molecule has 0 bridgehead atoms. The van der Waals surface area contributed by atoms with E-state index in [-0.39, 0.29) is 26.2 Å². The highest BCUT2D eigenvalue weighted by Gasteiger charge is 2.64. The monoisotopic (exact) mass is 394 g/mol. The molecule has 2 aliphatic rings. The molecule has 1 aromatic rings. The first-order chi connectivity index (χ1) is 12.9. The normalized spacial score (nSPS) is 23.9. The van der Waals surface area contributed by atoms with Gasteiger partial charge in [-0.05, 0) is 33.3 Å². The summed E-state index contributed by atoms with van der Waals surface area (Å²) in [6.07, 6.45) is 1.63. The second kappa shape index (κ2) is 7.58. The molecule has 0 radical (unpaired) electrons. The number of carbonyl (C=O) groups is 2. The van der Waals surface area contributed by atoms with Crippen molar-refractivity contribution in [3.05, 3.63) is 41.2 Å². The molecule has 0 spiro atoms. The van der Waals surface area contributed by atoms with E-state index in [1.54, 1.807) is 51.1 Å². The van der Waals surface area contributed by atoms with E-state index in [9.17, 15) is 14.2 Å². The molecule has 0 amide bonds. The van der Waals surface area contributed by atoms with Crippen LogP contribution in [0.4, 0.5) is 0 Å². The van der Waals surface area contributed by atoms with Crippen molar-refractivity contribution >= 4 is 19.5 Å². The van der Waals surface area contributed by atoms with E-state index in [1.165, 1.54) is 0 Å². The van der Waals surface area contributed by atoms with Gasteiger partial charge in [0, 0.05) is 16.8 Å². The summed E-state index contributed by atoms with van der Waals surface area (Å²) >= 11 is 0. The summed E-state index contributed by atoms with van der Waals surface area (Å²) in [7, 11) is -3.69. The maximum absolute atomic E-state index is 13.5. The molecule has 0 aromatic heterocycles. The molecular weight excluding hydrogens is 371 g/mol. The minimum Gasteiger partial charge on any atom is -0.465 e. The van der Waals surface area contributed by atoms with Crippen molar-refractivity contribution in [1.82, 2.24) is 0 Å². The van der Waals surface area contributed by atoms with E-state index in [0.29, 0.717) is 16.6 Å². The predicted octanol–water partition coefficient (Wildman–Crippen LogP) is 3.79. The van der Waals surface area contributed by atoms with Crippen molar-refractivity contribution in [2.45, 2.75) is 33.1 Å². The van der Waals surface area contributed by atoms with Crippen molar-refractivity contribution in [2.75, 3.05) is 19.8 Å². The highest BCUT2D eigenvalue weighted by atomic mass is 31.2. The van der Waals surface area contributed by atoms with Crippen molar-refractivity contribution in [2.24, 2.45) is 5.41 Å². The van der Waals surface area contributed by atoms with Crippen LogP contribution < -0.4 is 4.74 Å². The molecule has 1 aliphatic carbocycles. The van der Waals surface area contributed by atoms with Crippen LogP contribution in [0.5, 0.6) is 5.75 Å². The molecular formula is C19H23O7P. The Kier molecular flexibility index (Phi) is 5.56. The van der Waals surface area contributed by atoms with Crippen LogP contribution in [-0.2, 0) is 27.9 Å². The van der Waals surface area contributed by atoms with E-state index >= 15 is 0 Å². The minimum atomic E-state index is -3.69. The van der Waals surface area contributed by atoms with Crippen LogP contribution >= 0.6 is 7.60 Å². The number of para-hydroxylation sites is 1. The quantitative estimate of drug-likeness (QED) is 0.301. The summed E-state index contributed by atoms with van der Waals surface area (Å²) in [6.45, 7) is 5.54. The van der Waals surface area contributed by atoms with Gasteiger partial charge in [-0.2, -0.15) is 0 Å². The molecule has 8 heteroatoms. The number of hydrogen-bond donors (Lipinski definition) is 0. The van der Waals surface area contributed by atoms with Gasteiger partial charge in [0.25, 0.3) is 0 Å². The van der Waals surface area contributed by atoms with Crippen LogP contribution in [0.2, 0.25) is 0 Å². The van der Waals surface area contributed by atoms with Gasteiger partial charge in [0.1, 0.15) is 5.75 Å². The van der Waals surface area contributed by atoms with Crippen molar-refractivity contribution in [3.63, 3.8) is 0 Å². The minimum absolute atomic E-state index is 0.0170. The zero-order valence-electron chi connectivity index (χ0n) is 15.6. The number of allylic oxidation sites excluding steroid dienone is 2. The Labute approximate surface area is 158 Å². The molecule has 0 saturated carbocycles. The molecule has 7 nitrogen and oxygen atoms in total. The smallest absolute Gasteiger partial charge is 0.357 e. The van der Waals surface area contributed by atoms with Crippen LogP contribution in [0.25, 0.3) is 0 Å². The third-order valence-electron chi connectivity index (χ3n) is 4.77. The van der Waals surface area contributed by atoms with E-state index < -0.39 is 30.9 Å². The summed E-state index contributed by atoms with van der Waals surface area (Å²) < 4.78 is 35.2. The molecule has 27 heavy (non-hydrogen) atoms. The fourth-order valence-electron chi connectivity index (χ4n) is 3.72. The van der Waals surface area contributed by atoms with Gasteiger partial charge < -0.3 is 18.5 Å². The van der Waals surface area contributed by atoms with Gasteiger partial charge in [-0.3, -0.25) is 14.2 Å². The Morgan fingerprint density at radius 3 is 2.48 bits per heavy atom. The largest absolute Gasteiger partial charge is 0.465 e. The van der Waals surface area contributed by atoms with Crippen molar-refractivity contribution in [3.8, 4) is 5.75 Å². The van der Waals surface area contributed by atoms with Crippen LogP contribution in [0.15, 0.2) is 35.7 Å². The first kappa shape index (κ1) is 19.8. The Morgan fingerprint density at radius 1 is 1.19 bits per heavy atom. The van der Waals surface area contributed by atoms with E-state index in [4.69, 9.17) is 18.5 Å². The van der Waals surface area contributed by atoms with Crippen LogP contribution in [-0.4, -0.2) is 31.8 Å². The lowest BCUT2D eigenvalue weighted by Gasteiger charge is -2.38. The van der Waals surface area contributed by atoms with Gasteiger partial charge >= 0.3 is 19.5 Å². The third-order valence-corrected chi connectivity index (χ3v) is 7.04. The van der Waals surface area contributed by atoms with Gasteiger partial charge in [-0.1, -0.05) is 24.3 Å². The second-order valence-corrected chi connectivity index (χ2v) is 8.25. The molecule has 0 N–H and O–H groups in total. The molecule has 1 heterocycles. The topological polar surface area (TPSA) is 88.1 Å². The third kappa shape index (κ3) is 3.04. The number of esters is 2. The summed E-state index contributed by atoms with van der Waals surface area (Å²) in [6, 6.07) is 6.90. The molecule has 2 atom stereocenters. The van der Waals surface area contributed by atoms with Gasteiger partial charge in [0.15, 0.2) is 5.41 Å². The highest BCUT2D eigenvalue weighted by molar-refractivity contribution is 7.58. The maximum Gasteiger partial charge on any atom is 0.357 e. The van der Waals surface area contributed by atoms with Gasteiger partial charge in [0.2, 0.25) is 0 Å². The van der Waals surface area contributed by atoms with Crippen LogP contribution in [0.1, 0.15) is 38.7 Å². The summed E-state index contributed by atoms with van der Waals surface area (Å²) in [5.41, 5.74) is -1.03. The number of carbonyl (C=O) groups excluding carboxylic acids is 2. The SMILES string of the molecule is CCOC(=O)[C@@]12CC=C(P(=O)(OCC)OCC)[C@@H]1c1ccccc1OC2=O. The Hall–Kier alpha value is -1.95. The molecule has 146 valence electrons. The number of hydrogen-bond acceptors (Lipinski definition) is 7. The number of fused-ring (bicyclic) bond motifs is 3. The first-order valence-corrected chi connectivity index (χ1v) is 10.6. The summed E-state index contributed by atoms with van der Waals surface area (Å²) in [4.78, 5) is 25.8. The number of ether oxygens (including phenoxy) is 2. The standard InChI is InChI=1S/C19H23O7P/c1-4-23-17(20)19-12-11-15(27(22,24-5-2)25-6-3)16(19)13-9-7-8-10-14(13)26-18(19)21/h7-11,16H,4-6,12H2,1-3H3/t16-,19+/m0/s1. The Balaban J connectivity index is 2.19. The second-order valence-electron chi connectivity index (χ2n) is 6.22. The lowest BCUT2D eigenvalue weighted by atomic mass is 9.72. The number of rotatable bonds is 7. The van der Waals surface area contributed by atoms with Crippen LogP contribution in [0, 0.1) is 5.41 Å². The summed E-state index contributed by atoms with van der Waals surface area (Å²) in [5, 5.41) is 0.309. The zero-order valence-corrected chi connectivity index (χ0v) is 16.5. The lowest BCUT2D eigenvalue weighted by molar-refractivity contribution is -0.168. The molecule has 1 aliphatic heterocycles. The fraction of sp³-hybridized carbons (Fsp3) is 0.474. The molecule has 0 unspecified atom stereocenters.